The molecule has 0 radical (unpaired) electrons. The summed E-state index contributed by atoms with van der Waals surface area (Å²) in [5, 5.41) is 4.13. The predicted molar refractivity (Wildman–Crippen MR) is 136 cm³/mol. The van der Waals surface area contributed by atoms with Gasteiger partial charge in [0.2, 0.25) is 0 Å². The molecule has 0 spiro atoms. The second-order valence-electron chi connectivity index (χ2n) is 8.11. The fourth-order valence-electron chi connectivity index (χ4n) is 3.52. The van der Waals surface area contributed by atoms with Gasteiger partial charge in [-0.3, -0.25) is 4.98 Å². The minimum Gasteiger partial charge on any atom is -0.396 e. The fraction of sp³-hybridized carbons (Fsp3) is 0.400. The van der Waals surface area contributed by atoms with E-state index in [0.29, 0.717) is 41.6 Å². The Morgan fingerprint density at radius 1 is 1.21 bits per heavy atom. The van der Waals surface area contributed by atoms with Gasteiger partial charge < -0.3 is 16.0 Å². The number of thiazole rings is 1. The number of amidine groups is 1. The largest absolute Gasteiger partial charge is 0.396 e. The molecule has 0 saturated heterocycles. The average molecular weight is 469 g/mol. The minimum atomic E-state index is -0.399. The highest BCUT2D eigenvalue weighted by Crippen LogP contribution is 2.26. The van der Waals surface area contributed by atoms with Gasteiger partial charge in [-0.05, 0) is 32.8 Å². The van der Waals surface area contributed by atoms with E-state index in [2.05, 4.69) is 28.8 Å². The quantitative estimate of drug-likeness (QED) is 0.410. The van der Waals surface area contributed by atoms with Crippen LogP contribution >= 0.6 is 11.3 Å². The zero-order valence-corrected chi connectivity index (χ0v) is 20.5. The molecule has 176 valence electrons. The molecule has 0 amide bonds. The fourth-order valence-corrected chi connectivity index (χ4v) is 4.36. The van der Waals surface area contributed by atoms with Crippen molar-refractivity contribution in [3.63, 3.8) is 0 Å². The Balaban J connectivity index is 1.89. The molecule has 33 heavy (non-hydrogen) atoms. The smallest absolute Gasteiger partial charge is 0.188 e. The van der Waals surface area contributed by atoms with Crippen LogP contribution in [0.25, 0.3) is 5.70 Å². The molecule has 0 saturated carbocycles. The van der Waals surface area contributed by atoms with Crippen molar-refractivity contribution in [1.82, 2.24) is 14.9 Å². The van der Waals surface area contributed by atoms with E-state index >= 15 is 0 Å². The number of allylic oxidation sites excluding steroid dienone is 2. The monoisotopic (exact) mass is 468 g/mol. The number of halogens is 1. The highest BCUT2D eigenvalue weighted by Gasteiger charge is 2.21. The van der Waals surface area contributed by atoms with Crippen LogP contribution in [0, 0.1) is 19.7 Å². The first kappa shape index (κ1) is 24.6. The number of nitrogens with two attached hydrogens (primary N) is 1. The van der Waals surface area contributed by atoms with Gasteiger partial charge in [-0.2, -0.15) is 0 Å². The lowest BCUT2D eigenvalue weighted by Gasteiger charge is -2.28. The summed E-state index contributed by atoms with van der Waals surface area (Å²) >= 11 is 1.59. The molecule has 3 rings (SSSR count). The number of aliphatic imine (C=N–C) groups is 1. The molecule has 1 aliphatic rings. The Kier molecular flexibility index (Phi) is 8.77. The van der Waals surface area contributed by atoms with Crippen molar-refractivity contribution >= 4 is 28.0 Å². The molecule has 0 fully saturated rings. The molecule has 0 aromatic carbocycles. The third-order valence-corrected chi connectivity index (χ3v) is 6.47. The molecule has 0 atom stereocenters. The van der Waals surface area contributed by atoms with Crippen LogP contribution in [-0.4, -0.2) is 27.2 Å². The van der Waals surface area contributed by atoms with E-state index in [-0.39, 0.29) is 0 Å². The third kappa shape index (κ3) is 6.74. The lowest BCUT2D eigenvalue weighted by molar-refractivity contribution is 0.478. The van der Waals surface area contributed by atoms with Crippen LogP contribution in [0.1, 0.15) is 61.6 Å². The second kappa shape index (κ2) is 11.7. The molecule has 3 heterocycles. The van der Waals surface area contributed by atoms with Crippen molar-refractivity contribution in [3.05, 3.63) is 70.7 Å². The van der Waals surface area contributed by atoms with Crippen LogP contribution < -0.4 is 11.1 Å². The lowest BCUT2D eigenvalue weighted by Crippen LogP contribution is -2.37. The summed E-state index contributed by atoms with van der Waals surface area (Å²) < 4.78 is 13.8. The minimum absolute atomic E-state index is 0.399. The maximum absolute atomic E-state index is 13.8. The van der Waals surface area contributed by atoms with Crippen LogP contribution in [0.15, 0.2) is 53.7 Å². The van der Waals surface area contributed by atoms with E-state index in [1.54, 1.807) is 17.5 Å². The molecule has 6 nitrogen and oxygen atoms in total. The van der Waals surface area contributed by atoms with E-state index in [1.165, 1.54) is 31.5 Å². The van der Waals surface area contributed by atoms with Crippen LogP contribution in [0.2, 0.25) is 0 Å². The van der Waals surface area contributed by atoms with Crippen LogP contribution in [-0.2, 0) is 0 Å². The Morgan fingerprint density at radius 2 is 2.00 bits per heavy atom. The third-order valence-electron chi connectivity index (χ3n) is 5.48. The highest BCUT2D eigenvalue weighted by molar-refractivity contribution is 7.15. The maximum atomic E-state index is 13.8. The standard InChI is InChI=1S/C25H33FN6S/c1-5-6-7-8-9-13-32(19(4)30-25-29-17(2)18(3)33-25)24-22(27)11-10-12-23(31-24)20-14-21(26)16-28-15-20/h11-12,14-16H,4-10,13,27H2,1-3H3,(H,29,30). The van der Waals surface area contributed by atoms with Crippen molar-refractivity contribution in [2.75, 3.05) is 11.9 Å². The summed E-state index contributed by atoms with van der Waals surface area (Å²) in [5.74, 6) is 0.859. The van der Waals surface area contributed by atoms with Gasteiger partial charge >= 0.3 is 0 Å². The molecule has 0 aliphatic carbocycles. The first-order valence-corrected chi connectivity index (χ1v) is 12.2. The van der Waals surface area contributed by atoms with Crippen molar-refractivity contribution < 1.29 is 4.39 Å². The highest BCUT2D eigenvalue weighted by atomic mass is 32.1. The molecule has 2 aromatic rings. The van der Waals surface area contributed by atoms with E-state index in [4.69, 9.17) is 10.7 Å². The molecule has 1 aliphatic heterocycles. The number of hydrogen-bond acceptors (Lipinski definition) is 7. The van der Waals surface area contributed by atoms with E-state index in [1.807, 2.05) is 30.9 Å². The van der Waals surface area contributed by atoms with Crippen LogP contribution in [0.4, 0.5) is 9.52 Å². The molecular weight excluding hydrogens is 435 g/mol. The van der Waals surface area contributed by atoms with Gasteiger partial charge in [0.25, 0.3) is 0 Å². The summed E-state index contributed by atoms with van der Waals surface area (Å²) in [4.78, 5) is 16.6. The summed E-state index contributed by atoms with van der Waals surface area (Å²) in [7, 11) is 0. The van der Waals surface area contributed by atoms with Crippen LogP contribution in [0.5, 0.6) is 0 Å². The number of anilines is 1. The average Bonchev–Trinajstić information content (AvgIpc) is 2.97. The summed E-state index contributed by atoms with van der Waals surface area (Å²) in [6.45, 7) is 11.2. The number of nitrogens with zero attached hydrogens (tertiary/aromatic N) is 4. The Hall–Kier alpha value is -3.00. The van der Waals surface area contributed by atoms with Gasteiger partial charge in [0.1, 0.15) is 11.6 Å². The first-order valence-electron chi connectivity index (χ1n) is 11.4. The summed E-state index contributed by atoms with van der Waals surface area (Å²) in [5.41, 5.74) is 9.26. The van der Waals surface area contributed by atoms with Crippen molar-refractivity contribution in [1.29, 1.82) is 0 Å². The first-order chi connectivity index (χ1) is 15.9. The molecule has 0 bridgehead atoms. The number of aryl methyl sites for hydroxylation is 2. The maximum Gasteiger partial charge on any atom is 0.188 e. The van der Waals surface area contributed by atoms with Gasteiger partial charge in [-0.25, -0.2) is 14.4 Å². The topological polar surface area (TPSA) is 79.4 Å². The number of pyridine rings is 1. The molecule has 2 aromatic heterocycles. The number of hydrogen-bond donors (Lipinski definition) is 2. The van der Waals surface area contributed by atoms with E-state index < -0.39 is 5.82 Å². The Labute approximate surface area is 199 Å². The van der Waals surface area contributed by atoms with Crippen LogP contribution in [0.3, 0.4) is 0 Å². The molecule has 3 N–H and O–H groups in total. The van der Waals surface area contributed by atoms with E-state index in [0.717, 1.165) is 28.5 Å². The van der Waals surface area contributed by atoms with E-state index in [9.17, 15) is 4.39 Å². The van der Waals surface area contributed by atoms with Gasteiger partial charge in [-0.1, -0.05) is 51.3 Å². The van der Waals surface area contributed by atoms with Crippen molar-refractivity contribution in [2.24, 2.45) is 10.7 Å². The van der Waals surface area contributed by atoms with Gasteiger partial charge in [-0.15, -0.1) is 11.3 Å². The molecule has 8 heteroatoms. The van der Waals surface area contributed by atoms with Gasteiger partial charge in [0.05, 0.1) is 23.3 Å². The molecule has 0 unspecified atom stereocenters. The number of unbranched alkanes of at least 4 members (excludes halogenated alkanes) is 4. The SMILES string of the molecule is C=C(Nc1nc(C)c(C)s1)N(CCCCCCC)C1=NC(c2cncc(F)c2)=CCC=C1N. The number of rotatable bonds is 10. The number of nitrogens with one attached hydrogen (secondary N) is 1. The Bertz CT molecular complexity index is 1050. The second-order valence-corrected chi connectivity index (χ2v) is 9.31. The molecular formula is C25H33FN6S. The van der Waals surface area contributed by atoms with Gasteiger partial charge in [0, 0.05) is 23.2 Å². The zero-order valence-electron chi connectivity index (χ0n) is 19.7. The zero-order chi connectivity index (χ0) is 23.8. The summed E-state index contributed by atoms with van der Waals surface area (Å²) in [6, 6.07) is 1.44. The van der Waals surface area contributed by atoms with Crippen molar-refractivity contribution in [3.8, 4) is 0 Å². The normalized spacial score (nSPS) is 13.6. The number of aromatic nitrogens is 2. The Morgan fingerprint density at radius 3 is 2.70 bits per heavy atom. The summed E-state index contributed by atoms with van der Waals surface area (Å²) in [6.07, 6.45) is 12.9. The predicted octanol–water partition coefficient (Wildman–Crippen LogP) is 6.14. The van der Waals surface area contributed by atoms with Gasteiger partial charge in [0.15, 0.2) is 11.0 Å². The lowest BCUT2D eigenvalue weighted by atomic mass is 10.1. The van der Waals surface area contributed by atoms with Crippen molar-refractivity contribution in [2.45, 2.75) is 59.3 Å².